The number of aromatic nitrogens is 2. The van der Waals surface area contributed by atoms with Crippen molar-refractivity contribution in [1.29, 1.82) is 0 Å². The molecule has 0 radical (unpaired) electrons. The summed E-state index contributed by atoms with van der Waals surface area (Å²) in [5.41, 5.74) is 8.12. The Balaban J connectivity index is 1.62. The van der Waals surface area contributed by atoms with Gasteiger partial charge < -0.3 is 0 Å². The SMILES string of the molecule is CC1(C)c2cccc(c2)C(C)(C)c2nc(cc3ccccc23)C(C)(C)c2cccc(c2)C(C)(C)c2nc1cc1ccccc21. The topological polar surface area (TPSA) is 25.8 Å². The fraction of sp³-hybridized carbons (Fsp3) is 0.286. The van der Waals surface area contributed by atoms with Crippen LogP contribution in [0.4, 0.5) is 0 Å². The van der Waals surface area contributed by atoms with Gasteiger partial charge in [-0.15, -0.1) is 0 Å². The van der Waals surface area contributed by atoms with Crippen LogP contribution in [0.5, 0.6) is 0 Å². The van der Waals surface area contributed by atoms with Crippen LogP contribution in [0.3, 0.4) is 0 Å². The van der Waals surface area contributed by atoms with Crippen LogP contribution in [0.1, 0.15) is 100 Å². The molecule has 0 spiro atoms. The van der Waals surface area contributed by atoms with Crippen LogP contribution in [0.15, 0.2) is 109 Å². The van der Waals surface area contributed by atoms with Crippen molar-refractivity contribution in [2.75, 3.05) is 0 Å². The molecule has 4 aromatic carbocycles. The first kappa shape index (κ1) is 28.5. The van der Waals surface area contributed by atoms with Crippen molar-refractivity contribution in [1.82, 2.24) is 9.97 Å². The smallest absolute Gasteiger partial charge is 0.0585 e. The highest BCUT2D eigenvalue weighted by atomic mass is 14.8. The molecule has 2 heteroatoms. The molecular formula is C42H42N2. The molecule has 0 fully saturated rings. The third-order valence-corrected chi connectivity index (χ3v) is 10.6. The second kappa shape index (κ2) is 9.60. The molecule has 1 aliphatic rings. The van der Waals surface area contributed by atoms with Crippen molar-refractivity contribution < 1.29 is 0 Å². The Morgan fingerprint density at radius 1 is 0.364 bits per heavy atom. The van der Waals surface area contributed by atoms with E-state index in [1.54, 1.807) is 0 Å². The van der Waals surface area contributed by atoms with E-state index in [4.69, 9.17) is 9.97 Å². The third kappa shape index (κ3) is 4.22. The molecule has 0 amide bonds. The number of pyridine rings is 2. The quantitative estimate of drug-likeness (QED) is 0.180. The van der Waals surface area contributed by atoms with Crippen LogP contribution in [0.2, 0.25) is 0 Å². The second-order valence-electron chi connectivity index (χ2n) is 14.8. The standard InChI is InChI=1S/C42H42N2/c1-39(2)29-17-13-19-31(25-29)41(5,6)38-34-22-12-10-16-28(34)24-36(44-38)40(3,4)30-18-14-20-32(26-30)42(7,8)37-33-21-11-9-15-27(33)23-35(39)43-37/h9-26H,1-8H3. The molecule has 2 aromatic heterocycles. The monoisotopic (exact) mass is 574 g/mol. The number of fused-ring (bicyclic) bond motifs is 12. The lowest BCUT2D eigenvalue weighted by Gasteiger charge is -2.35. The Morgan fingerprint density at radius 2 is 0.705 bits per heavy atom. The predicted octanol–water partition coefficient (Wildman–Crippen LogP) is 10.4. The first-order valence-corrected chi connectivity index (χ1v) is 15.8. The molecule has 3 heterocycles. The van der Waals surface area contributed by atoms with Crippen molar-refractivity contribution in [2.45, 2.75) is 77.0 Å². The number of benzene rings is 4. The van der Waals surface area contributed by atoms with Crippen LogP contribution in [-0.2, 0) is 21.7 Å². The zero-order valence-corrected chi connectivity index (χ0v) is 27.3. The average Bonchev–Trinajstić information content (AvgIpc) is 3.03. The van der Waals surface area contributed by atoms with E-state index in [9.17, 15) is 0 Å². The highest BCUT2D eigenvalue weighted by Gasteiger charge is 2.36. The van der Waals surface area contributed by atoms with Crippen LogP contribution in [-0.4, -0.2) is 9.97 Å². The summed E-state index contributed by atoms with van der Waals surface area (Å²) >= 11 is 0. The number of nitrogens with zero attached hydrogens (tertiary/aromatic N) is 2. The summed E-state index contributed by atoms with van der Waals surface area (Å²) in [5.74, 6) is 0. The van der Waals surface area contributed by atoms with Gasteiger partial charge in [0.25, 0.3) is 0 Å². The van der Waals surface area contributed by atoms with Gasteiger partial charge in [-0.1, -0.05) is 152 Å². The molecule has 0 unspecified atom stereocenters. The third-order valence-electron chi connectivity index (χ3n) is 10.6. The van der Waals surface area contributed by atoms with Crippen molar-refractivity contribution >= 4 is 21.5 Å². The molecule has 0 saturated carbocycles. The van der Waals surface area contributed by atoms with E-state index < -0.39 is 0 Å². The lowest BCUT2D eigenvalue weighted by molar-refractivity contribution is 0.562. The average molecular weight is 575 g/mol. The van der Waals surface area contributed by atoms with Gasteiger partial charge in [0.1, 0.15) is 0 Å². The molecule has 220 valence electrons. The summed E-state index contributed by atoms with van der Waals surface area (Å²) in [5, 5.41) is 4.87. The molecule has 1 aliphatic heterocycles. The lowest BCUT2D eigenvalue weighted by atomic mass is 9.72. The maximum Gasteiger partial charge on any atom is 0.0585 e. The molecule has 0 atom stereocenters. The first-order valence-electron chi connectivity index (χ1n) is 15.8. The van der Waals surface area contributed by atoms with Crippen molar-refractivity contribution in [3.8, 4) is 0 Å². The molecule has 7 rings (SSSR count). The van der Waals surface area contributed by atoms with Gasteiger partial charge in [0.15, 0.2) is 0 Å². The summed E-state index contributed by atoms with van der Waals surface area (Å²) in [6, 6.07) is 40.3. The van der Waals surface area contributed by atoms with Crippen LogP contribution < -0.4 is 0 Å². The highest BCUT2D eigenvalue weighted by Crippen LogP contribution is 2.44. The molecule has 0 saturated heterocycles. The number of hydrogen-bond acceptors (Lipinski definition) is 2. The van der Waals surface area contributed by atoms with Gasteiger partial charge in [-0.3, -0.25) is 9.97 Å². The molecular weight excluding hydrogens is 532 g/mol. The van der Waals surface area contributed by atoms with Crippen LogP contribution in [0, 0.1) is 0 Å². The minimum Gasteiger partial charge on any atom is -0.255 e. The predicted molar refractivity (Wildman–Crippen MR) is 185 cm³/mol. The van der Waals surface area contributed by atoms with Gasteiger partial charge in [-0.25, -0.2) is 0 Å². The van der Waals surface area contributed by atoms with Crippen molar-refractivity contribution in [3.05, 3.63) is 154 Å². The van der Waals surface area contributed by atoms with Gasteiger partial charge in [-0.05, 0) is 45.2 Å². The molecule has 0 N–H and O–H groups in total. The maximum atomic E-state index is 5.57. The van der Waals surface area contributed by atoms with Gasteiger partial charge in [0.05, 0.1) is 22.8 Å². The number of rotatable bonds is 0. The van der Waals surface area contributed by atoms with Crippen LogP contribution in [0.25, 0.3) is 21.5 Å². The van der Waals surface area contributed by atoms with E-state index >= 15 is 0 Å². The van der Waals surface area contributed by atoms with E-state index in [1.165, 1.54) is 43.8 Å². The summed E-state index contributed by atoms with van der Waals surface area (Å²) in [4.78, 5) is 11.1. The van der Waals surface area contributed by atoms with E-state index in [0.717, 1.165) is 22.8 Å². The fourth-order valence-corrected chi connectivity index (χ4v) is 7.15. The van der Waals surface area contributed by atoms with Gasteiger partial charge in [0.2, 0.25) is 0 Å². The minimum absolute atomic E-state index is 0.320. The second-order valence-corrected chi connectivity index (χ2v) is 14.8. The van der Waals surface area contributed by atoms with E-state index in [-0.39, 0.29) is 21.7 Å². The normalized spacial score (nSPS) is 17.8. The summed E-state index contributed by atoms with van der Waals surface area (Å²) in [7, 11) is 0. The molecule has 2 nitrogen and oxygen atoms in total. The fourth-order valence-electron chi connectivity index (χ4n) is 7.15. The van der Waals surface area contributed by atoms with Gasteiger partial charge in [0, 0.05) is 32.4 Å². The number of hydrogen-bond donors (Lipinski definition) is 0. The minimum atomic E-state index is -0.333. The van der Waals surface area contributed by atoms with E-state index in [0.29, 0.717) is 0 Å². The zero-order chi connectivity index (χ0) is 31.1. The molecule has 0 aliphatic carbocycles. The lowest BCUT2D eigenvalue weighted by Crippen LogP contribution is -2.29. The molecule has 6 aromatic rings. The highest BCUT2D eigenvalue weighted by molar-refractivity contribution is 5.88. The Hall–Kier alpha value is -4.30. The van der Waals surface area contributed by atoms with Crippen LogP contribution >= 0.6 is 0 Å². The van der Waals surface area contributed by atoms with Gasteiger partial charge >= 0.3 is 0 Å². The first-order chi connectivity index (χ1) is 20.8. The largest absolute Gasteiger partial charge is 0.255 e. The Bertz CT molecular complexity index is 1930. The molecule has 44 heavy (non-hydrogen) atoms. The Kier molecular flexibility index (Phi) is 6.21. The van der Waals surface area contributed by atoms with E-state index in [2.05, 4.69) is 165 Å². The van der Waals surface area contributed by atoms with Gasteiger partial charge in [-0.2, -0.15) is 0 Å². The summed E-state index contributed by atoms with van der Waals surface area (Å²) < 4.78 is 0. The Labute approximate surface area is 262 Å². The maximum absolute atomic E-state index is 5.57. The van der Waals surface area contributed by atoms with Crippen molar-refractivity contribution in [2.24, 2.45) is 0 Å². The van der Waals surface area contributed by atoms with Crippen molar-refractivity contribution in [3.63, 3.8) is 0 Å². The Morgan fingerprint density at radius 3 is 1.09 bits per heavy atom. The van der Waals surface area contributed by atoms with E-state index in [1.807, 2.05) is 0 Å². The summed E-state index contributed by atoms with van der Waals surface area (Å²) in [6.07, 6.45) is 0. The zero-order valence-electron chi connectivity index (χ0n) is 27.3. The summed E-state index contributed by atoms with van der Waals surface area (Å²) in [6.45, 7) is 18.5. The molecule has 8 bridgehead atoms.